The summed E-state index contributed by atoms with van der Waals surface area (Å²) >= 11 is 3.40. The first kappa shape index (κ1) is 8.75. The van der Waals surface area contributed by atoms with Crippen LogP contribution in [0.3, 0.4) is 0 Å². The number of Topliss-reactive ketones (excluding diaryl/α,β-unsaturated/α-hetero) is 1. The molecule has 2 rings (SSSR count). The van der Waals surface area contributed by atoms with Crippen LogP contribution < -0.4 is 5.32 Å². The highest BCUT2D eigenvalue weighted by atomic mass is 79.9. The van der Waals surface area contributed by atoms with Crippen molar-refractivity contribution < 1.29 is 4.79 Å². The van der Waals surface area contributed by atoms with Gasteiger partial charge in [0.15, 0.2) is 5.78 Å². The van der Waals surface area contributed by atoms with Crippen molar-refractivity contribution in [1.29, 1.82) is 0 Å². The van der Waals surface area contributed by atoms with E-state index in [0.717, 1.165) is 27.8 Å². The molecule has 0 bridgehead atoms. The molecule has 2 nitrogen and oxygen atoms in total. The van der Waals surface area contributed by atoms with Gasteiger partial charge in [-0.25, -0.2) is 0 Å². The molecule has 1 N–H and O–H groups in total. The Morgan fingerprint density at radius 2 is 2.23 bits per heavy atom. The van der Waals surface area contributed by atoms with Crippen LogP contribution in [0, 0.1) is 6.92 Å². The van der Waals surface area contributed by atoms with Crippen LogP contribution in [0.4, 0.5) is 5.69 Å². The van der Waals surface area contributed by atoms with E-state index in [0.29, 0.717) is 6.42 Å². The molecular formula is C10H10BrNO. The second-order valence-electron chi connectivity index (χ2n) is 3.21. The Bertz CT molecular complexity index is 373. The summed E-state index contributed by atoms with van der Waals surface area (Å²) in [5.41, 5.74) is 2.93. The lowest BCUT2D eigenvalue weighted by atomic mass is 9.99. The minimum absolute atomic E-state index is 0.226. The smallest absolute Gasteiger partial charge is 0.167 e. The normalized spacial score (nSPS) is 15.1. The van der Waals surface area contributed by atoms with Crippen LogP contribution in [0.5, 0.6) is 0 Å². The first-order valence-electron chi connectivity index (χ1n) is 4.26. The highest BCUT2D eigenvalue weighted by molar-refractivity contribution is 9.10. The van der Waals surface area contributed by atoms with Gasteiger partial charge in [-0.1, -0.05) is 6.07 Å². The molecule has 0 saturated carbocycles. The van der Waals surface area contributed by atoms with Gasteiger partial charge in [0.25, 0.3) is 0 Å². The number of nitrogens with one attached hydrogen (secondary N) is 1. The molecule has 1 aliphatic rings. The Morgan fingerprint density at radius 3 is 2.92 bits per heavy atom. The third kappa shape index (κ3) is 1.37. The van der Waals surface area contributed by atoms with E-state index in [4.69, 9.17) is 0 Å². The van der Waals surface area contributed by atoms with E-state index < -0.39 is 0 Å². The molecular weight excluding hydrogens is 230 g/mol. The molecule has 13 heavy (non-hydrogen) atoms. The van der Waals surface area contributed by atoms with Gasteiger partial charge in [0.1, 0.15) is 0 Å². The fourth-order valence-electron chi connectivity index (χ4n) is 1.61. The van der Waals surface area contributed by atoms with E-state index in [-0.39, 0.29) is 5.78 Å². The Morgan fingerprint density at radius 1 is 1.46 bits per heavy atom. The van der Waals surface area contributed by atoms with Crippen LogP contribution in [0.1, 0.15) is 22.3 Å². The number of aryl methyl sites for hydroxylation is 1. The van der Waals surface area contributed by atoms with Gasteiger partial charge >= 0.3 is 0 Å². The molecule has 0 spiro atoms. The summed E-state index contributed by atoms with van der Waals surface area (Å²) < 4.78 is 0.894. The summed E-state index contributed by atoms with van der Waals surface area (Å²) in [6.07, 6.45) is 0.592. The molecule has 1 aromatic carbocycles. The lowest BCUT2D eigenvalue weighted by Gasteiger charge is -2.20. The highest BCUT2D eigenvalue weighted by Crippen LogP contribution is 2.31. The molecule has 0 fully saturated rings. The average molecular weight is 240 g/mol. The van der Waals surface area contributed by atoms with Gasteiger partial charge in [-0.05, 0) is 34.5 Å². The largest absolute Gasteiger partial charge is 0.384 e. The van der Waals surface area contributed by atoms with Crippen molar-refractivity contribution in [3.63, 3.8) is 0 Å². The van der Waals surface area contributed by atoms with Crippen LogP contribution in [-0.4, -0.2) is 12.3 Å². The molecule has 0 aliphatic carbocycles. The van der Waals surface area contributed by atoms with E-state index >= 15 is 0 Å². The molecule has 0 unspecified atom stereocenters. The number of rotatable bonds is 0. The SMILES string of the molecule is Cc1ccc(Br)c2c1NCCC2=O. The van der Waals surface area contributed by atoms with E-state index in [1.54, 1.807) is 0 Å². The first-order chi connectivity index (χ1) is 6.20. The fourth-order valence-corrected chi connectivity index (χ4v) is 2.16. The summed E-state index contributed by atoms with van der Waals surface area (Å²) in [4.78, 5) is 11.6. The van der Waals surface area contributed by atoms with Gasteiger partial charge in [0, 0.05) is 23.1 Å². The zero-order chi connectivity index (χ0) is 9.42. The molecule has 0 radical (unpaired) electrons. The minimum atomic E-state index is 0.226. The third-order valence-electron chi connectivity index (χ3n) is 2.30. The minimum Gasteiger partial charge on any atom is -0.384 e. The van der Waals surface area contributed by atoms with E-state index in [9.17, 15) is 4.79 Å². The second-order valence-corrected chi connectivity index (χ2v) is 4.07. The van der Waals surface area contributed by atoms with Crippen molar-refractivity contribution in [1.82, 2.24) is 0 Å². The van der Waals surface area contributed by atoms with Crippen molar-refractivity contribution in [3.05, 3.63) is 27.7 Å². The maximum atomic E-state index is 11.6. The maximum Gasteiger partial charge on any atom is 0.167 e. The van der Waals surface area contributed by atoms with Gasteiger partial charge in [-0.15, -0.1) is 0 Å². The Balaban J connectivity index is 2.67. The van der Waals surface area contributed by atoms with Crippen LogP contribution in [0.25, 0.3) is 0 Å². The summed E-state index contributed by atoms with van der Waals surface area (Å²) in [6.45, 7) is 2.76. The van der Waals surface area contributed by atoms with Crippen molar-refractivity contribution >= 4 is 27.4 Å². The van der Waals surface area contributed by atoms with Gasteiger partial charge in [0.2, 0.25) is 0 Å². The quantitative estimate of drug-likeness (QED) is 0.755. The van der Waals surface area contributed by atoms with Crippen LogP contribution in [0.15, 0.2) is 16.6 Å². The summed E-state index contributed by atoms with van der Waals surface area (Å²) in [6, 6.07) is 3.94. The number of benzene rings is 1. The number of carbonyl (C=O) groups excluding carboxylic acids is 1. The molecule has 68 valence electrons. The van der Waals surface area contributed by atoms with Gasteiger partial charge in [-0.2, -0.15) is 0 Å². The predicted octanol–water partition coefficient (Wildman–Crippen LogP) is 2.76. The molecule has 0 amide bonds. The molecule has 0 aromatic heterocycles. The number of carbonyl (C=O) groups is 1. The van der Waals surface area contributed by atoms with Crippen LogP contribution in [0.2, 0.25) is 0 Å². The number of halogens is 1. The Labute approximate surface area is 85.5 Å². The summed E-state index contributed by atoms with van der Waals surface area (Å²) in [5, 5.41) is 3.25. The molecule has 1 aliphatic heterocycles. The molecule has 1 heterocycles. The van der Waals surface area contributed by atoms with E-state index in [1.807, 2.05) is 19.1 Å². The zero-order valence-corrected chi connectivity index (χ0v) is 8.94. The zero-order valence-electron chi connectivity index (χ0n) is 7.36. The molecule has 0 saturated heterocycles. The van der Waals surface area contributed by atoms with Crippen LogP contribution in [-0.2, 0) is 0 Å². The monoisotopic (exact) mass is 239 g/mol. The predicted molar refractivity (Wildman–Crippen MR) is 56.3 cm³/mol. The number of hydrogen-bond donors (Lipinski definition) is 1. The standard InChI is InChI=1S/C10H10BrNO/c1-6-2-3-7(11)9-8(13)4-5-12-10(6)9/h2-3,12H,4-5H2,1H3. The fraction of sp³-hybridized carbons (Fsp3) is 0.300. The van der Waals surface area contributed by atoms with Crippen molar-refractivity contribution in [2.75, 3.05) is 11.9 Å². The molecule has 1 aromatic rings. The van der Waals surface area contributed by atoms with Crippen molar-refractivity contribution in [2.45, 2.75) is 13.3 Å². The van der Waals surface area contributed by atoms with Crippen LogP contribution >= 0.6 is 15.9 Å². The van der Waals surface area contributed by atoms with Gasteiger partial charge in [-0.3, -0.25) is 4.79 Å². The maximum absolute atomic E-state index is 11.6. The van der Waals surface area contributed by atoms with Crippen molar-refractivity contribution in [3.8, 4) is 0 Å². The first-order valence-corrected chi connectivity index (χ1v) is 5.05. The second kappa shape index (κ2) is 3.14. The topological polar surface area (TPSA) is 29.1 Å². The van der Waals surface area contributed by atoms with E-state index in [1.165, 1.54) is 0 Å². The number of ketones is 1. The lowest BCUT2D eigenvalue weighted by Crippen LogP contribution is -2.19. The average Bonchev–Trinajstić information content (AvgIpc) is 2.12. The number of hydrogen-bond acceptors (Lipinski definition) is 2. The van der Waals surface area contributed by atoms with E-state index in [2.05, 4.69) is 21.2 Å². The summed E-state index contributed by atoms with van der Waals surface area (Å²) in [5.74, 6) is 0.226. The highest BCUT2D eigenvalue weighted by Gasteiger charge is 2.20. The molecule has 0 atom stereocenters. The summed E-state index contributed by atoms with van der Waals surface area (Å²) in [7, 11) is 0. The van der Waals surface area contributed by atoms with Crippen molar-refractivity contribution in [2.24, 2.45) is 0 Å². The van der Waals surface area contributed by atoms with Gasteiger partial charge in [0.05, 0.1) is 5.56 Å². The Kier molecular flexibility index (Phi) is 2.12. The van der Waals surface area contributed by atoms with Gasteiger partial charge < -0.3 is 5.32 Å². The third-order valence-corrected chi connectivity index (χ3v) is 2.96. The molecule has 3 heteroatoms. The number of anilines is 1. The Hall–Kier alpha value is -0.830. The lowest BCUT2D eigenvalue weighted by molar-refractivity contribution is 0.0983. The number of fused-ring (bicyclic) bond motifs is 1.